The number of alkyl halides is 4. The third-order valence-electron chi connectivity index (χ3n) is 2.98. The first-order valence-corrected chi connectivity index (χ1v) is 5.46. The number of carboxylic acid groups (broad SMARTS) is 1. The van der Waals surface area contributed by atoms with Crippen LogP contribution in [0.4, 0.5) is 17.6 Å². The van der Waals surface area contributed by atoms with Crippen molar-refractivity contribution in [3.63, 3.8) is 0 Å². The van der Waals surface area contributed by atoms with Gasteiger partial charge >= 0.3 is 18.3 Å². The van der Waals surface area contributed by atoms with Gasteiger partial charge in [-0.15, -0.1) is 0 Å². The molecule has 1 fully saturated rings. The SMILES string of the molecule is O=C(O)C1CCCCC1NC(=O)C(F)(F)C(F)F. The van der Waals surface area contributed by atoms with Crippen LogP contribution in [0, 0.1) is 5.92 Å². The first kappa shape index (κ1) is 14.7. The zero-order valence-corrected chi connectivity index (χ0v) is 9.34. The number of aliphatic carboxylic acids is 1. The maximum atomic E-state index is 12.7. The highest BCUT2D eigenvalue weighted by Gasteiger charge is 2.50. The van der Waals surface area contributed by atoms with Crippen LogP contribution in [0.1, 0.15) is 25.7 Å². The molecular weight excluding hydrogens is 258 g/mol. The topological polar surface area (TPSA) is 66.4 Å². The molecule has 1 rings (SSSR count). The molecule has 18 heavy (non-hydrogen) atoms. The highest BCUT2D eigenvalue weighted by Crippen LogP contribution is 2.27. The van der Waals surface area contributed by atoms with E-state index in [0.717, 1.165) is 0 Å². The minimum atomic E-state index is -4.79. The lowest BCUT2D eigenvalue weighted by Gasteiger charge is -2.30. The second kappa shape index (κ2) is 5.53. The number of nitrogens with one attached hydrogen (secondary N) is 1. The predicted molar refractivity (Wildman–Crippen MR) is 52.5 cm³/mol. The summed E-state index contributed by atoms with van der Waals surface area (Å²) in [6, 6.07) is -1.02. The van der Waals surface area contributed by atoms with Crippen LogP contribution in [-0.2, 0) is 9.59 Å². The van der Waals surface area contributed by atoms with Crippen molar-refractivity contribution in [2.45, 2.75) is 44.1 Å². The first-order valence-electron chi connectivity index (χ1n) is 5.46. The molecule has 0 aromatic carbocycles. The minimum Gasteiger partial charge on any atom is -0.481 e. The average Bonchev–Trinajstić information content (AvgIpc) is 2.29. The fourth-order valence-electron chi connectivity index (χ4n) is 1.96. The summed E-state index contributed by atoms with van der Waals surface area (Å²) in [7, 11) is 0. The van der Waals surface area contributed by atoms with E-state index in [-0.39, 0.29) is 12.8 Å². The van der Waals surface area contributed by atoms with Crippen molar-refractivity contribution in [1.82, 2.24) is 5.32 Å². The van der Waals surface area contributed by atoms with E-state index in [1.165, 1.54) is 0 Å². The third-order valence-corrected chi connectivity index (χ3v) is 2.98. The lowest BCUT2D eigenvalue weighted by Crippen LogP contribution is -2.52. The number of carbonyl (C=O) groups excluding carboxylic acids is 1. The van der Waals surface area contributed by atoms with Crippen molar-refractivity contribution in [2.24, 2.45) is 5.92 Å². The van der Waals surface area contributed by atoms with Gasteiger partial charge in [0.1, 0.15) is 0 Å². The van der Waals surface area contributed by atoms with E-state index in [1.54, 1.807) is 5.32 Å². The Morgan fingerprint density at radius 3 is 2.28 bits per heavy atom. The maximum absolute atomic E-state index is 12.7. The molecule has 1 aliphatic rings. The largest absolute Gasteiger partial charge is 0.481 e. The Labute approximate surface area is 100 Å². The molecule has 1 saturated carbocycles. The Morgan fingerprint density at radius 1 is 1.22 bits per heavy atom. The molecular formula is C10H13F4NO3. The molecule has 0 aliphatic heterocycles. The number of amides is 1. The number of hydrogen-bond acceptors (Lipinski definition) is 2. The van der Waals surface area contributed by atoms with Crippen LogP contribution in [0.2, 0.25) is 0 Å². The molecule has 1 aliphatic carbocycles. The van der Waals surface area contributed by atoms with Gasteiger partial charge < -0.3 is 10.4 Å². The minimum absolute atomic E-state index is 0.196. The van der Waals surface area contributed by atoms with Gasteiger partial charge in [-0.25, -0.2) is 8.78 Å². The van der Waals surface area contributed by atoms with E-state index in [9.17, 15) is 27.2 Å². The van der Waals surface area contributed by atoms with Gasteiger partial charge in [0.2, 0.25) is 0 Å². The molecule has 1 amide bonds. The maximum Gasteiger partial charge on any atom is 0.383 e. The number of hydrogen-bond donors (Lipinski definition) is 2. The van der Waals surface area contributed by atoms with Crippen LogP contribution in [-0.4, -0.2) is 35.4 Å². The van der Waals surface area contributed by atoms with Gasteiger partial charge in [-0.05, 0) is 12.8 Å². The molecule has 0 saturated heterocycles. The van der Waals surface area contributed by atoms with Crippen molar-refractivity contribution in [2.75, 3.05) is 0 Å². The van der Waals surface area contributed by atoms with Crippen LogP contribution in [0.3, 0.4) is 0 Å². The van der Waals surface area contributed by atoms with E-state index >= 15 is 0 Å². The Balaban J connectivity index is 2.70. The summed E-state index contributed by atoms with van der Waals surface area (Å²) in [5.41, 5.74) is 0. The van der Waals surface area contributed by atoms with Gasteiger partial charge in [-0.1, -0.05) is 12.8 Å². The smallest absolute Gasteiger partial charge is 0.383 e. The van der Waals surface area contributed by atoms with E-state index in [0.29, 0.717) is 12.8 Å². The molecule has 8 heteroatoms. The van der Waals surface area contributed by atoms with Crippen LogP contribution >= 0.6 is 0 Å². The fraction of sp³-hybridized carbons (Fsp3) is 0.800. The van der Waals surface area contributed by atoms with E-state index < -0.39 is 36.2 Å². The Morgan fingerprint density at radius 2 is 1.78 bits per heavy atom. The van der Waals surface area contributed by atoms with Gasteiger partial charge in [-0.3, -0.25) is 9.59 Å². The monoisotopic (exact) mass is 271 g/mol. The quantitative estimate of drug-likeness (QED) is 0.764. The van der Waals surface area contributed by atoms with Crippen LogP contribution in [0.25, 0.3) is 0 Å². The Hall–Kier alpha value is -1.34. The summed E-state index contributed by atoms with van der Waals surface area (Å²) in [5.74, 6) is -9.13. The summed E-state index contributed by atoms with van der Waals surface area (Å²) in [6.45, 7) is 0. The third kappa shape index (κ3) is 3.11. The number of carboxylic acids is 1. The van der Waals surface area contributed by atoms with Gasteiger partial charge in [0, 0.05) is 6.04 Å². The molecule has 0 radical (unpaired) electrons. The normalized spacial score (nSPS) is 24.9. The molecule has 4 nitrogen and oxygen atoms in total. The second-order valence-electron chi connectivity index (χ2n) is 4.23. The predicted octanol–water partition coefficient (Wildman–Crippen LogP) is 1.65. The Bertz CT molecular complexity index is 335. The van der Waals surface area contributed by atoms with Crippen molar-refractivity contribution in [1.29, 1.82) is 0 Å². The van der Waals surface area contributed by atoms with E-state index in [4.69, 9.17) is 5.11 Å². The molecule has 104 valence electrons. The molecule has 0 heterocycles. The van der Waals surface area contributed by atoms with Gasteiger partial charge in [0.05, 0.1) is 5.92 Å². The fourth-order valence-corrected chi connectivity index (χ4v) is 1.96. The van der Waals surface area contributed by atoms with Crippen molar-refractivity contribution >= 4 is 11.9 Å². The van der Waals surface area contributed by atoms with Crippen LogP contribution in [0.15, 0.2) is 0 Å². The summed E-state index contributed by atoms with van der Waals surface area (Å²) in [5, 5.41) is 10.6. The molecule has 0 aromatic rings. The lowest BCUT2D eigenvalue weighted by atomic mass is 9.84. The highest BCUT2D eigenvalue weighted by molar-refractivity contribution is 5.84. The van der Waals surface area contributed by atoms with Gasteiger partial charge in [-0.2, -0.15) is 8.78 Å². The van der Waals surface area contributed by atoms with E-state index in [1.807, 2.05) is 0 Å². The molecule has 2 unspecified atom stereocenters. The number of carbonyl (C=O) groups is 2. The standard InChI is InChI=1S/C10H13F4NO3/c11-8(12)10(13,14)9(18)15-6-4-2-1-3-5(6)7(16)17/h5-6,8H,1-4H2,(H,15,18)(H,16,17). The average molecular weight is 271 g/mol. The highest BCUT2D eigenvalue weighted by atomic mass is 19.3. The van der Waals surface area contributed by atoms with Crippen LogP contribution < -0.4 is 5.32 Å². The van der Waals surface area contributed by atoms with Crippen LogP contribution in [0.5, 0.6) is 0 Å². The molecule has 2 atom stereocenters. The molecule has 2 N–H and O–H groups in total. The number of halogens is 4. The first-order chi connectivity index (χ1) is 8.26. The Kier molecular flexibility index (Phi) is 4.53. The van der Waals surface area contributed by atoms with Crippen molar-refractivity contribution in [3.8, 4) is 0 Å². The van der Waals surface area contributed by atoms with Crippen molar-refractivity contribution < 1.29 is 32.3 Å². The lowest BCUT2D eigenvalue weighted by molar-refractivity contribution is -0.171. The van der Waals surface area contributed by atoms with Crippen molar-refractivity contribution in [3.05, 3.63) is 0 Å². The molecule has 0 aromatic heterocycles. The number of rotatable bonds is 4. The molecule has 0 spiro atoms. The zero-order valence-electron chi connectivity index (χ0n) is 9.34. The second-order valence-corrected chi connectivity index (χ2v) is 4.23. The zero-order chi connectivity index (χ0) is 13.9. The van der Waals surface area contributed by atoms with Gasteiger partial charge in [0.25, 0.3) is 5.91 Å². The van der Waals surface area contributed by atoms with E-state index in [2.05, 4.69) is 0 Å². The summed E-state index contributed by atoms with van der Waals surface area (Å²) in [4.78, 5) is 21.9. The van der Waals surface area contributed by atoms with Gasteiger partial charge in [0.15, 0.2) is 0 Å². The summed E-state index contributed by atoms with van der Waals surface area (Å²) in [6.07, 6.45) is -2.50. The summed E-state index contributed by atoms with van der Waals surface area (Å²) >= 11 is 0. The summed E-state index contributed by atoms with van der Waals surface area (Å²) < 4.78 is 49.3. The molecule has 0 bridgehead atoms.